The van der Waals surface area contributed by atoms with Crippen molar-refractivity contribution >= 4 is 23.6 Å². The second kappa shape index (κ2) is 5.77. The van der Waals surface area contributed by atoms with E-state index < -0.39 is 6.04 Å². The molecule has 0 aliphatic carbocycles. The Morgan fingerprint density at radius 1 is 1.43 bits per heavy atom. The van der Waals surface area contributed by atoms with Crippen LogP contribution in [0.2, 0.25) is 0 Å². The van der Waals surface area contributed by atoms with Crippen molar-refractivity contribution < 1.29 is 9.59 Å². The van der Waals surface area contributed by atoms with Crippen LogP contribution in [0.15, 0.2) is 54.8 Å². The van der Waals surface area contributed by atoms with E-state index in [1.165, 1.54) is 0 Å². The van der Waals surface area contributed by atoms with Crippen molar-refractivity contribution in [1.82, 2.24) is 10.2 Å². The summed E-state index contributed by atoms with van der Waals surface area (Å²) in [6.45, 7) is 3.72. The fourth-order valence-electron chi connectivity index (χ4n) is 2.45. The van der Waals surface area contributed by atoms with E-state index in [-0.39, 0.29) is 17.2 Å². The van der Waals surface area contributed by atoms with Crippen molar-refractivity contribution in [3.63, 3.8) is 0 Å². The molecule has 2 aliphatic rings. The molecular formula is C16H16N2O2S. The van der Waals surface area contributed by atoms with Crippen molar-refractivity contribution in [2.75, 3.05) is 5.75 Å². The lowest BCUT2D eigenvalue weighted by Gasteiger charge is -2.47. The van der Waals surface area contributed by atoms with Crippen LogP contribution in [0.25, 0.3) is 0 Å². The zero-order valence-electron chi connectivity index (χ0n) is 11.5. The molecular weight excluding hydrogens is 284 g/mol. The Morgan fingerprint density at radius 2 is 2.19 bits per heavy atom. The first-order valence-corrected chi connectivity index (χ1v) is 7.84. The Balaban J connectivity index is 1.60. The molecule has 1 saturated heterocycles. The van der Waals surface area contributed by atoms with Gasteiger partial charge in [-0.1, -0.05) is 43.0 Å². The third-order valence-electron chi connectivity index (χ3n) is 3.59. The second-order valence-corrected chi connectivity index (χ2v) is 6.17. The molecule has 108 valence electrons. The summed E-state index contributed by atoms with van der Waals surface area (Å²) in [6, 6.07) is 9.12. The van der Waals surface area contributed by atoms with Crippen LogP contribution >= 0.6 is 11.8 Å². The zero-order valence-corrected chi connectivity index (χ0v) is 12.3. The van der Waals surface area contributed by atoms with Crippen LogP contribution in [-0.4, -0.2) is 33.9 Å². The third kappa shape index (κ3) is 2.74. The maximum atomic E-state index is 12.1. The quantitative estimate of drug-likeness (QED) is 0.861. The van der Waals surface area contributed by atoms with Crippen molar-refractivity contribution in [3.05, 3.63) is 60.3 Å². The number of hydrogen-bond donors (Lipinski definition) is 1. The number of β-lactam (4-membered cyclic amide) rings is 1. The Hall–Kier alpha value is -2.01. The van der Waals surface area contributed by atoms with Crippen LogP contribution in [-0.2, 0) is 16.0 Å². The molecule has 21 heavy (non-hydrogen) atoms. The minimum Gasteiger partial charge on any atom is -0.341 e. The van der Waals surface area contributed by atoms with E-state index in [0.717, 1.165) is 16.9 Å². The summed E-state index contributed by atoms with van der Waals surface area (Å²) in [7, 11) is 0. The number of hydrogen-bond acceptors (Lipinski definition) is 3. The van der Waals surface area contributed by atoms with Crippen LogP contribution in [0.5, 0.6) is 0 Å². The van der Waals surface area contributed by atoms with E-state index in [4.69, 9.17) is 0 Å². The smallest absolute Gasteiger partial charge is 0.253 e. The van der Waals surface area contributed by atoms with Crippen LogP contribution < -0.4 is 5.32 Å². The number of allylic oxidation sites excluding steroid dienone is 1. The lowest BCUT2D eigenvalue weighted by atomic mass is 10.1. The van der Waals surface area contributed by atoms with Gasteiger partial charge < -0.3 is 10.2 Å². The molecule has 1 aromatic rings. The van der Waals surface area contributed by atoms with Crippen LogP contribution in [0.3, 0.4) is 0 Å². The van der Waals surface area contributed by atoms with Crippen molar-refractivity contribution in [2.24, 2.45) is 0 Å². The Bertz CT molecular complexity index is 612. The highest BCUT2D eigenvalue weighted by Gasteiger charge is 2.49. The summed E-state index contributed by atoms with van der Waals surface area (Å²) < 4.78 is 0. The van der Waals surface area contributed by atoms with Gasteiger partial charge in [0.15, 0.2) is 0 Å². The van der Waals surface area contributed by atoms with Gasteiger partial charge in [0.05, 0.1) is 6.42 Å². The highest BCUT2D eigenvalue weighted by atomic mass is 32.2. The first-order valence-electron chi connectivity index (χ1n) is 6.79. The topological polar surface area (TPSA) is 49.4 Å². The largest absolute Gasteiger partial charge is 0.341 e. The van der Waals surface area contributed by atoms with E-state index in [9.17, 15) is 9.59 Å². The molecule has 0 spiro atoms. The first kappa shape index (κ1) is 13.9. The van der Waals surface area contributed by atoms with Gasteiger partial charge in [-0.15, -0.1) is 11.8 Å². The molecule has 1 N–H and O–H groups in total. The molecule has 0 aromatic heterocycles. The fraction of sp³-hybridized carbons (Fsp3) is 0.250. The van der Waals surface area contributed by atoms with Gasteiger partial charge in [-0.2, -0.15) is 0 Å². The van der Waals surface area contributed by atoms with E-state index in [1.54, 1.807) is 22.7 Å². The summed E-state index contributed by atoms with van der Waals surface area (Å²) in [6.07, 6.45) is 3.89. The summed E-state index contributed by atoms with van der Waals surface area (Å²) in [4.78, 5) is 25.8. The van der Waals surface area contributed by atoms with Gasteiger partial charge >= 0.3 is 0 Å². The highest BCUT2D eigenvalue weighted by molar-refractivity contribution is 8.00. The minimum atomic E-state index is -0.408. The summed E-state index contributed by atoms with van der Waals surface area (Å²) in [5.41, 5.74) is 1.99. The highest BCUT2D eigenvalue weighted by Crippen LogP contribution is 2.36. The lowest BCUT2D eigenvalue weighted by Crippen LogP contribution is -2.68. The van der Waals surface area contributed by atoms with Crippen molar-refractivity contribution in [1.29, 1.82) is 0 Å². The number of carbonyl (C=O) groups excluding carboxylic acids is 2. The standard InChI is InChI=1S/C16H16N2O2S/c1-2-11-9-18-15(20)14(16(18)21-10-11)17-13(19)8-12-6-4-3-5-7-12/h2-7,9,14,16H,1,8,10H2,(H,17,19)/t14?,16-/m1/s1. The molecule has 0 bridgehead atoms. The van der Waals surface area contributed by atoms with E-state index >= 15 is 0 Å². The number of amides is 2. The summed E-state index contributed by atoms with van der Waals surface area (Å²) in [5, 5.41) is 2.86. The number of benzene rings is 1. The Morgan fingerprint density at radius 3 is 2.90 bits per heavy atom. The molecule has 1 aromatic carbocycles. The zero-order chi connectivity index (χ0) is 14.8. The molecule has 2 heterocycles. The number of thioether (sulfide) groups is 1. The molecule has 0 saturated carbocycles. The van der Waals surface area contributed by atoms with E-state index in [0.29, 0.717) is 6.42 Å². The molecule has 1 fully saturated rings. The van der Waals surface area contributed by atoms with Gasteiger partial charge in [-0.05, 0) is 11.1 Å². The summed E-state index contributed by atoms with van der Waals surface area (Å²) in [5.74, 6) is 0.662. The van der Waals surface area contributed by atoms with Crippen LogP contribution in [0, 0.1) is 0 Å². The number of nitrogens with one attached hydrogen (secondary N) is 1. The van der Waals surface area contributed by atoms with Crippen molar-refractivity contribution in [2.45, 2.75) is 17.8 Å². The molecule has 3 rings (SSSR count). The lowest BCUT2D eigenvalue weighted by molar-refractivity contribution is -0.144. The maximum Gasteiger partial charge on any atom is 0.253 e. The molecule has 2 amide bonds. The van der Waals surface area contributed by atoms with Gasteiger partial charge in [0.25, 0.3) is 5.91 Å². The first-order chi connectivity index (χ1) is 10.2. The number of carbonyl (C=O) groups is 2. The third-order valence-corrected chi connectivity index (χ3v) is 4.93. The van der Waals surface area contributed by atoms with E-state index in [2.05, 4.69) is 11.9 Å². The second-order valence-electron chi connectivity index (χ2n) is 5.06. The molecule has 4 nitrogen and oxygen atoms in total. The number of nitrogens with zero attached hydrogens (tertiary/aromatic N) is 1. The minimum absolute atomic E-state index is 0.0147. The molecule has 2 aliphatic heterocycles. The molecule has 0 radical (unpaired) electrons. The van der Waals surface area contributed by atoms with Gasteiger partial charge in [0.1, 0.15) is 11.4 Å². The average molecular weight is 300 g/mol. The molecule has 5 heteroatoms. The number of fused-ring (bicyclic) bond motifs is 1. The SMILES string of the molecule is C=CC1=CN2C(=O)C(NC(=O)Cc3ccccc3)[C@H]2SC1. The Labute approximate surface area is 127 Å². The van der Waals surface area contributed by atoms with Gasteiger partial charge in [-0.25, -0.2) is 0 Å². The van der Waals surface area contributed by atoms with Crippen molar-refractivity contribution in [3.8, 4) is 0 Å². The normalized spacial score (nSPS) is 23.7. The van der Waals surface area contributed by atoms with Crippen LogP contribution in [0.1, 0.15) is 5.56 Å². The van der Waals surface area contributed by atoms with Gasteiger partial charge in [0, 0.05) is 12.0 Å². The predicted octanol–water partition coefficient (Wildman–Crippen LogP) is 1.70. The monoisotopic (exact) mass is 300 g/mol. The maximum absolute atomic E-state index is 12.1. The summed E-state index contributed by atoms with van der Waals surface area (Å²) >= 11 is 1.66. The average Bonchev–Trinajstić information content (AvgIpc) is 2.52. The van der Waals surface area contributed by atoms with Gasteiger partial charge in [0.2, 0.25) is 5.91 Å². The molecule has 2 atom stereocenters. The van der Waals surface area contributed by atoms with Crippen LogP contribution in [0.4, 0.5) is 0 Å². The van der Waals surface area contributed by atoms with Gasteiger partial charge in [-0.3, -0.25) is 9.59 Å². The fourth-order valence-corrected chi connectivity index (χ4v) is 3.71. The van der Waals surface area contributed by atoms with E-state index in [1.807, 2.05) is 36.5 Å². The predicted molar refractivity (Wildman–Crippen MR) is 83.4 cm³/mol. The Kier molecular flexibility index (Phi) is 3.84. The molecule has 1 unspecified atom stereocenters. The number of rotatable bonds is 4.